The maximum atomic E-state index is 12.8. The molecule has 2 aromatic rings. The lowest BCUT2D eigenvalue weighted by Crippen LogP contribution is -2.48. The Morgan fingerprint density at radius 1 is 1.12 bits per heavy atom. The van der Waals surface area contributed by atoms with Gasteiger partial charge < -0.3 is 10.6 Å². The molecule has 1 fully saturated rings. The Morgan fingerprint density at radius 2 is 1.81 bits per heavy atom. The van der Waals surface area contributed by atoms with Crippen LogP contribution in [0.15, 0.2) is 54.6 Å². The zero-order chi connectivity index (χ0) is 17.6. The number of carbonyl (C=O) groups excluding carboxylic acids is 1. The van der Waals surface area contributed by atoms with Gasteiger partial charge in [0, 0.05) is 38.3 Å². The minimum Gasteiger partial charge on any atom is -0.337 e. The summed E-state index contributed by atoms with van der Waals surface area (Å²) < 4.78 is 0. The van der Waals surface area contributed by atoms with E-state index < -0.39 is 0 Å². The van der Waals surface area contributed by atoms with Crippen molar-refractivity contribution in [2.75, 3.05) is 20.1 Å². The van der Waals surface area contributed by atoms with Gasteiger partial charge in [-0.15, -0.1) is 12.4 Å². The van der Waals surface area contributed by atoms with E-state index in [1.54, 1.807) is 0 Å². The number of piperidine rings is 1. The summed E-state index contributed by atoms with van der Waals surface area (Å²) in [6, 6.07) is 18.4. The average molecular weight is 374 g/mol. The van der Waals surface area contributed by atoms with E-state index in [2.05, 4.69) is 29.2 Å². The Balaban J connectivity index is 0.00000243. The van der Waals surface area contributed by atoms with Gasteiger partial charge in [0.2, 0.25) is 0 Å². The predicted molar refractivity (Wildman–Crippen MR) is 108 cm³/mol. The molecule has 5 heteroatoms. The molecule has 4 nitrogen and oxygen atoms in total. The van der Waals surface area contributed by atoms with Crippen LogP contribution >= 0.6 is 12.4 Å². The van der Waals surface area contributed by atoms with E-state index in [0.29, 0.717) is 6.54 Å². The Bertz CT molecular complexity index is 690. The van der Waals surface area contributed by atoms with Crippen molar-refractivity contribution < 1.29 is 4.79 Å². The van der Waals surface area contributed by atoms with Crippen LogP contribution in [0.3, 0.4) is 0 Å². The lowest BCUT2D eigenvalue weighted by molar-refractivity contribution is 0.0609. The van der Waals surface area contributed by atoms with E-state index in [9.17, 15) is 4.79 Å². The van der Waals surface area contributed by atoms with E-state index in [1.807, 2.05) is 42.3 Å². The van der Waals surface area contributed by atoms with Gasteiger partial charge in [0.15, 0.2) is 0 Å². The van der Waals surface area contributed by atoms with Crippen LogP contribution in [0.4, 0.5) is 0 Å². The van der Waals surface area contributed by atoms with E-state index in [1.165, 1.54) is 5.56 Å². The molecule has 1 aliphatic heterocycles. The number of hydrogen-bond acceptors (Lipinski definition) is 3. The number of halogens is 1. The third kappa shape index (κ3) is 5.07. The number of likely N-dealkylation sites (tertiary alicyclic amines) is 1. The van der Waals surface area contributed by atoms with Gasteiger partial charge in [0.25, 0.3) is 5.91 Å². The van der Waals surface area contributed by atoms with Crippen LogP contribution in [0.25, 0.3) is 0 Å². The molecule has 0 radical (unpaired) electrons. The van der Waals surface area contributed by atoms with E-state index in [0.717, 1.165) is 43.6 Å². The van der Waals surface area contributed by atoms with Gasteiger partial charge >= 0.3 is 0 Å². The van der Waals surface area contributed by atoms with E-state index in [-0.39, 0.29) is 24.4 Å². The van der Waals surface area contributed by atoms with Crippen molar-refractivity contribution in [3.8, 4) is 0 Å². The fourth-order valence-corrected chi connectivity index (χ4v) is 3.49. The van der Waals surface area contributed by atoms with Crippen LogP contribution in [0.5, 0.6) is 0 Å². The molecule has 26 heavy (non-hydrogen) atoms. The van der Waals surface area contributed by atoms with Crippen molar-refractivity contribution in [3.63, 3.8) is 0 Å². The Labute approximate surface area is 162 Å². The van der Waals surface area contributed by atoms with Crippen molar-refractivity contribution in [3.05, 3.63) is 71.3 Å². The molecule has 0 aromatic heterocycles. The maximum Gasteiger partial charge on any atom is 0.253 e. The molecule has 1 saturated heterocycles. The maximum absolute atomic E-state index is 12.8. The molecular formula is C21H28ClN3O. The van der Waals surface area contributed by atoms with Crippen LogP contribution < -0.4 is 5.73 Å². The molecule has 1 atom stereocenters. The summed E-state index contributed by atoms with van der Waals surface area (Å²) in [5, 5.41) is 0. The summed E-state index contributed by atoms with van der Waals surface area (Å²) in [6.07, 6.45) is 2.19. The zero-order valence-corrected chi connectivity index (χ0v) is 16.1. The van der Waals surface area contributed by atoms with Gasteiger partial charge in [-0.1, -0.05) is 42.5 Å². The van der Waals surface area contributed by atoms with E-state index >= 15 is 0 Å². The molecule has 0 spiro atoms. The number of benzene rings is 2. The normalized spacial score (nSPS) is 17.4. The summed E-state index contributed by atoms with van der Waals surface area (Å²) >= 11 is 0. The smallest absolute Gasteiger partial charge is 0.253 e. The molecule has 0 aliphatic carbocycles. The summed E-state index contributed by atoms with van der Waals surface area (Å²) in [6.45, 7) is 3.47. The highest BCUT2D eigenvalue weighted by molar-refractivity contribution is 5.94. The summed E-state index contributed by atoms with van der Waals surface area (Å²) in [4.78, 5) is 17.1. The minimum atomic E-state index is 0. The van der Waals surface area contributed by atoms with Crippen molar-refractivity contribution in [1.29, 1.82) is 0 Å². The molecule has 2 aromatic carbocycles. The minimum absolute atomic E-state index is 0. The molecule has 1 unspecified atom stereocenters. The number of carbonyl (C=O) groups is 1. The number of nitrogens with zero attached hydrogens (tertiary/aromatic N) is 2. The summed E-state index contributed by atoms with van der Waals surface area (Å²) in [5.74, 6) is 0.0927. The highest BCUT2D eigenvalue weighted by Crippen LogP contribution is 2.19. The molecule has 1 amide bonds. The van der Waals surface area contributed by atoms with Gasteiger partial charge in [-0.2, -0.15) is 0 Å². The van der Waals surface area contributed by atoms with Crippen LogP contribution in [0, 0.1) is 0 Å². The topological polar surface area (TPSA) is 49.6 Å². The Hall–Kier alpha value is -1.88. The number of likely N-dealkylation sites (N-methyl/N-ethyl adjacent to an activating group) is 1. The molecular weight excluding hydrogens is 346 g/mol. The molecule has 0 saturated carbocycles. The summed E-state index contributed by atoms with van der Waals surface area (Å²) in [7, 11) is 1.93. The van der Waals surface area contributed by atoms with Crippen LogP contribution in [0.2, 0.25) is 0 Å². The number of hydrogen-bond donors (Lipinski definition) is 1. The fraction of sp³-hybridized carbons (Fsp3) is 0.381. The van der Waals surface area contributed by atoms with Gasteiger partial charge in [-0.3, -0.25) is 9.69 Å². The highest BCUT2D eigenvalue weighted by Gasteiger charge is 2.26. The first-order valence-electron chi connectivity index (χ1n) is 9.00. The number of amides is 1. The van der Waals surface area contributed by atoms with Crippen molar-refractivity contribution in [2.45, 2.75) is 32.0 Å². The third-order valence-corrected chi connectivity index (χ3v) is 5.03. The second kappa shape index (κ2) is 9.72. The standard InChI is InChI=1S/C21H27N3O.ClH/c1-23(21(25)19-11-9-17(14-22)10-12-19)20-8-5-13-24(16-20)15-18-6-3-2-4-7-18;/h2-4,6-7,9-12,20H,5,8,13-16,22H2,1H3;1H. The van der Waals surface area contributed by atoms with Gasteiger partial charge in [-0.25, -0.2) is 0 Å². The van der Waals surface area contributed by atoms with Crippen LogP contribution in [-0.2, 0) is 13.1 Å². The van der Waals surface area contributed by atoms with Crippen molar-refractivity contribution in [2.24, 2.45) is 5.73 Å². The second-order valence-corrected chi connectivity index (χ2v) is 6.83. The quantitative estimate of drug-likeness (QED) is 0.874. The van der Waals surface area contributed by atoms with Crippen LogP contribution in [0.1, 0.15) is 34.3 Å². The van der Waals surface area contributed by atoms with Crippen molar-refractivity contribution in [1.82, 2.24) is 9.80 Å². The average Bonchev–Trinajstić information content (AvgIpc) is 2.68. The lowest BCUT2D eigenvalue weighted by Gasteiger charge is -2.37. The first-order chi connectivity index (χ1) is 12.2. The highest BCUT2D eigenvalue weighted by atomic mass is 35.5. The van der Waals surface area contributed by atoms with Gasteiger partial charge in [-0.05, 0) is 42.6 Å². The first-order valence-corrected chi connectivity index (χ1v) is 9.00. The van der Waals surface area contributed by atoms with Crippen LogP contribution in [-0.4, -0.2) is 41.9 Å². The Morgan fingerprint density at radius 3 is 2.46 bits per heavy atom. The Kier molecular flexibility index (Phi) is 7.64. The first kappa shape index (κ1) is 20.4. The molecule has 3 rings (SSSR count). The molecule has 140 valence electrons. The lowest BCUT2D eigenvalue weighted by atomic mass is 10.0. The van der Waals surface area contributed by atoms with Gasteiger partial charge in [0.05, 0.1) is 0 Å². The molecule has 1 aliphatic rings. The third-order valence-electron chi connectivity index (χ3n) is 5.03. The molecule has 0 bridgehead atoms. The van der Waals surface area contributed by atoms with Gasteiger partial charge in [0.1, 0.15) is 0 Å². The van der Waals surface area contributed by atoms with E-state index in [4.69, 9.17) is 5.73 Å². The fourth-order valence-electron chi connectivity index (χ4n) is 3.49. The zero-order valence-electron chi connectivity index (χ0n) is 15.3. The molecule has 1 heterocycles. The summed E-state index contributed by atoms with van der Waals surface area (Å²) in [5.41, 5.74) is 8.74. The van der Waals surface area contributed by atoms with Crippen molar-refractivity contribution >= 4 is 18.3 Å². The predicted octanol–water partition coefficient (Wildman–Crippen LogP) is 3.30. The molecule has 2 N–H and O–H groups in total. The number of rotatable bonds is 5. The SMILES string of the molecule is CN(C(=O)c1ccc(CN)cc1)C1CCCN(Cc2ccccc2)C1.Cl. The monoisotopic (exact) mass is 373 g/mol. The largest absolute Gasteiger partial charge is 0.337 e. The second-order valence-electron chi connectivity index (χ2n) is 6.83. The number of nitrogens with two attached hydrogens (primary N) is 1.